The molecule has 0 aliphatic heterocycles. The van der Waals surface area contributed by atoms with E-state index in [0.29, 0.717) is 13.0 Å². The van der Waals surface area contributed by atoms with Gasteiger partial charge in [0, 0.05) is 13.0 Å². The van der Waals surface area contributed by atoms with Crippen molar-refractivity contribution in [3.8, 4) is 0 Å². The van der Waals surface area contributed by atoms with Gasteiger partial charge in [-0.3, -0.25) is 13.8 Å². The molecular formula is C55H109O12P. The zero-order chi connectivity index (χ0) is 49.8. The van der Waals surface area contributed by atoms with Gasteiger partial charge in [-0.25, -0.2) is 4.57 Å². The summed E-state index contributed by atoms with van der Waals surface area (Å²) in [4.78, 5) is 23.3. The lowest BCUT2D eigenvalue weighted by molar-refractivity contribution is -0.220. The molecule has 0 bridgehead atoms. The minimum Gasteiger partial charge on any atom is -0.457 e. The molecule has 1 rings (SSSR count). The standard InChI is InChI=1S/C55H109O12P/c1-3-5-7-9-11-13-15-17-19-21-23-25-26-28-30-32-34-36-38-40-42-44-49(56)66-48(47-65-68(62,63)67-55-53(60)51(58)50(57)52(59)54(55)61)46-64-45-43-41-39-37-35-33-31-29-27-24-22-20-18-16-14-12-10-8-6-4-2/h48,50-55,57-61H,3-47H2,1-2H3,(H,62,63)/t48-,50?,51-,52?,53?,54?,55?/m1/s1. The van der Waals surface area contributed by atoms with Crippen molar-refractivity contribution in [3.63, 3.8) is 0 Å². The maximum Gasteiger partial charge on any atom is 0.472 e. The first kappa shape index (κ1) is 65.4. The summed E-state index contributed by atoms with van der Waals surface area (Å²) >= 11 is 0. The summed E-state index contributed by atoms with van der Waals surface area (Å²) in [5, 5.41) is 50.4. The highest BCUT2D eigenvalue weighted by molar-refractivity contribution is 7.47. The van der Waals surface area contributed by atoms with Gasteiger partial charge in [0.2, 0.25) is 0 Å². The Balaban J connectivity index is 2.26. The van der Waals surface area contributed by atoms with E-state index >= 15 is 0 Å². The second-order valence-electron chi connectivity index (χ2n) is 20.5. The van der Waals surface area contributed by atoms with Gasteiger partial charge in [0.25, 0.3) is 0 Å². The Hall–Kier alpha value is -0.660. The Labute approximate surface area is 416 Å². The number of carbonyl (C=O) groups is 1. The summed E-state index contributed by atoms with van der Waals surface area (Å²) in [5.74, 6) is -0.467. The van der Waals surface area contributed by atoms with E-state index in [2.05, 4.69) is 13.8 Å². The molecule has 1 saturated carbocycles. The van der Waals surface area contributed by atoms with E-state index < -0.39 is 63.1 Å². The minimum atomic E-state index is -5.02. The SMILES string of the molecule is CCCCCCCCCCCCCCCCCCCCCCCC(=O)O[C@H](COCCCCCCCCCCCCCCCCCCCCCC)COP(=O)(O)OC1C(O)C(O)C(O)[C@@H](O)C1O. The fourth-order valence-electron chi connectivity index (χ4n) is 9.42. The molecule has 6 N–H and O–H groups in total. The molecule has 0 heterocycles. The van der Waals surface area contributed by atoms with E-state index in [9.17, 15) is 39.8 Å². The van der Waals surface area contributed by atoms with Gasteiger partial charge in [-0.1, -0.05) is 264 Å². The van der Waals surface area contributed by atoms with Crippen molar-refractivity contribution in [2.45, 2.75) is 326 Å². The van der Waals surface area contributed by atoms with E-state index in [0.717, 1.165) is 38.5 Å². The second kappa shape index (κ2) is 46.1. The van der Waals surface area contributed by atoms with Crippen LogP contribution in [0.4, 0.5) is 0 Å². The summed E-state index contributed by atoms with van der Waals surface area (Å²) in [5.41, 5.74) is 0. The van der Waals surface area contributed by atoms with Gasteiger partial charge < -0.3 is 39.9 Å². The van der Waals surface area contributed by atoms with Crippen LogP contribution in [-0.2, 0) is 27.9 Å². The van der Waals surface area contributed by atoms with Gasteiger partial charge in [0.1, 0.15) is 42.7 Å². The number of aliphatic hydroxyl groups excluding tert-OH is 5. The molecule has 406 valence electrons. The molecular weight excluding hydrogens is 884 g/mol. The van der Waals surface area contributed by atoms with Crippen molar-refractivity contribution in [2.24, 2.45) is 0 Å². The number of phosphoric acid groups is 1. The molecule has 0 spiro atoms. The molecule has 0 saturated heterocycles. The van der Waals surface area contributed by atoms with E-state index in [4.69, 9.17) is 18.5 Å². The average Bonchev–Trinajstić information content (AvgIpc) is 3.32. The third-order valence-electron chi connectivity index (χ3n) is 14.0. The summed E-state index contributed by atoms with van der Waals surface area (Å²) in [6.07, 6.45) is 40.3. The van der Waals surface area contributed by atoms with Crippen LogP contribution in [0.15, 0.2) is 0 Å². The van der Waals surface area contributed by atoms with Crippen LogP contribution in [0, 0.1) is 0 Å². The van der Waals surface area contributed by atoms with E-state index in [1.807, 2.05) is 0 Å². The van der Waals surface area contributed by atoms with Crippen LogP contribution in [0.5, 0.6) is 0 Å². The number of hydrogen-bond acceptors (Lipinski definition) is 11. The van der Waals surface area contributed by atoms with E-state index in [1.54, 1.807) is 0 Å². The largest absolute Gasteiger partial charge is 0.472 e. The molecule has 13 heteroatoms. The van der Waals surface area contributed by atoms with Crippen LogP contribution in [0.25, 0.3) is 0 Å². The highest BCUT2D eigenvalue weighted by Gasteiger charge is 2.51. The van der Waals surface area contributed by atoms with Crippen molar-refractivity contribution in [2.75, 3.05) is 19.8 Å². The quantitative estimate of drug-likeness (QED) is 0.0192. The molecule has 68 heavy (non-hydrogen) atoms. The van der Waals surface area contributed by atoms with Crippen LogP contribution in [0.1, 0.15) is 284 Å². The number of hydrogen-bond donors (Lipinski definition) is 6. The molecule has 0 aromatic rings. The highest BCUT2D eigenvalue weighted by atomic mass is 31.2. The zero-order valence-electron chi connectivity index (χ0n) is 43.9. The van der Waals surface area contributed by atoms with Crippen molar-refractivity contribution >= 4 is 13.8 Å². The number of esters is 1. The number of aliphatic hydroxyl groups is 5. The molecule has 12 nitrogen and oxygen atoms in total. The van der Waals surface area contributed by atoms with Crippen molar-refractivity contribution < 1.29 is 58.3 Å². The lowest BCUT2D eigenvalue weighted by Gasteiger charge is -2.41. The Morgan fingerprint density at radius 3 is 1.01 bits per heavy atom. The van der Waals surface area contributed by atoms with E-state index in [-0.39, 0.29) is 13.0 Å². The monoisotopic (exact) mass is 993 g/mol. The molecule has 1 fully saturated rings. The third-order valence-corrected chi connectivity index (χ3v) is 15.0. The van der Waals surface area contributed by atoms with Gasteiger partial charge in [-0.15, -0.1) is 0 Å². The first-order valence-corrected chi connectivity index (χ1v) is 30.4. The van der Waals surface area contributed by atoms with Crippen molar-refractivity contribution in [1.82, 2.24) is 0 Å². The summed E-state index contributed by atoms with van der Waals surface area (Å²) in [6.45, 7) is 4.34. The Morgan fingerprint density at radius 2 is 0.691 bits per heavy atom. The lowest BCUT2D eigenvalue weighted by Crippen LogP contribution is -2.64. The number of phosphoric ester groups is 1. The summed E-state index contributed by atoms with van der Waals surface area (Å²) in [7, 11) is -5.02. The smallest absolute Gasteiger partial charge is 0.457 e. The summed E-state index contributed by atoms with van der Waals surface area (Å²) < 4.78 is 34.4. The molecule has 6 unspecified atom stereocenters. The maximum absolute atomic E-state index is 12.9. The minimum absolute atomic E-state index is 0.0670. The number of unbranched alkanes of at least 4 members (excludes halogenated alkanes) is 39. The molecule has 0 radical (unpaired) electrons. The second-order valence-corrected chi connectivity index (χ2v) is 21.9. The predicted molar refractivity (Wildman–Crippen MR) is 277 cm³/mol. The number of carbonyl (C=O) groups excluding carboxylic acids is 1. The van der Waals surface area contributed by atoms with E-state index in [1.165, 1.54) is 218 Å². The van der Waals surface area contributed by atoms with Crippen LogP contribution in [0.3, 0.4) is 0 Å². The summed E-state index contributed by atoms with van der Waals surface area (Å²) in [6, 6.07) is 0. The van der Waals surface area contributed by atoms with Crippen LogP contribution >= 0.6 is 7.82 Å². The number of rotatable bonds is 51. The molecule has 0 aromatic heterocycles. The van der Waals surface area contributed by atoms with Gasteiger partial charge >= 0.3 is 13.8 Å². The van der Waals surface area contributed by atoms with Crippen molar-refractivity contribution in [1.29, 1.82) is 0 Å². The van der Waals surface area contributed by atoms with Crippen LogP contribution in [0.2, 0.25) is 0 Å². The average molecular weight is 993 g/mol. The highest BCUT2D eigenvalue weighted by Crippen LogP contribution is 2.47. The normalized spacial score (nSPS) is 21.0. The predicted octanol–water partition coefficient (Wildman–Crippen LogP) is 13.7. The van der Waals surface area contributed by atoms with Crippen molar-refractivity contribution in [3.05, 3.63) is 0 Å². The van der Waals surface area contributed by atoms with Gasteiger partial charge in [-0.2, -0.15) is 0 Å². The Kier molecular flexibility index (Phi) is 44.4. The third kappa shape index (κ3) is 37.1. The fourth-order valence-corrected chi connectivity index (χ4v) is 10.4. The molecule has 0 amide bonds. The lowest BCUT2D eigenvalue weighted by atomic mass is 9.85. The molecule has 8 atom stereocenters. The fraction of sp³-hybridized carbons (Fsp3) is 0.982. The molecule has 0 aromatic carbocycles. The molecule has 1 aliphatic carbocycles. The van der Waals surface area contributed by atoms with Crippen LogP contribution < -0.4 is 0 Å². The first-order chi connectivity index (χ1) is 33.0. The zero-order valence-corrected chi connectivity index (χ0v) is 44.8. The topological polar surface area (TPSA) is 192 Å². The van der Waals surface area contributed by atoms with Gasteiger partial charge in [0.15, 0.2) is 0 Å². The maximum atomic E-state index is 12.9. The Morgan fingerprint density at radius 1 is 0.412 bits per heavy atom. The van der Waals surface area contributed by atoms with Gasteiger partial charge in [-0.05, 0) is 12.8 Å². The molecule has 1 aliphatic rings. The van der Waals surface area contributed by atoms with Gasteiger partial charge in [0.05, 0.1) is 13.2 Å². The van der Waals surface area contributed by atoms with Crippen LogP contribution in [-0.4, -0.2) is 98.9 Å². The first-order valence-electron chi connectivity index (χ1n) is 28.9. The Bertz CT molecular complexity index is 1130. The number of ether oxygens (including phenoxy) is 2.